The number of hydrogen-bond acceptors (Lipinski definition) is 5. The second-order valence-electron chi connectivity index (χ2n) is 8.18. The van der Waals surface area contributed by atoms with Gasteiger partial charge in [0, 0.05) is 30.2 Å². The summed E-state index contributed by atoms with van der Waals surface area (Å²) in [5.41, 5.74) is 4.41. The van der Waals surface area contributed by atoms with Crippen LogP contribution in [0.3, 0.4) is 0 Å². The number of fused-ring (bicyclic) bond motifs is 1. The van der Waals surface area contributed by atoms with Gasteiger partial charge in [-0.05, 0) is 37.0 Å². The molecule has 3 N–H and O–H groups in total. The van der Waals surface area contributed by atoms with Gasteiger partial charge < -0.3 is 25.3 Å². The van der Waals surface area contributed by atoms with Gasteiger partial charge in [0.05, 0.1) is 42.8 Å². The maximum absolute atomic E-state index is 13.2. The highest BCUT2D eigenvalue weighted by molar-refractivity contribution is 6.09. The van der Waals surface area contributed by atoms with Crippen molar-refractivity contribution < 1.29 is 14.3 Å². The zero-order chi connectivity index (χ0) is 22.1. The summed E-state index contributed by atoms with van der Waals surface area (Å²) in [6.45, 7) is 0.992. The molecule has 0 saturated heterocycles. The van der Waals surface area contributed by atoms with Gasteiger partial charge in [-0.15, -0.1) is 0 Å². The van der Waals surface area contributed by atoms with E-state index in [2.05, 4.69) is 20.6 Å². The van der Waals surface area contributed by atoms with Crippen LogP contribution in [0.4, 0.5) is 16.2 Å². The topological polar surface area (TPSA) is 99.4 Å². The fourth-order valence-corrected chi connectivity index (χ4v) is 3.97. The first kappa shape index (κ1) is 20.1. The smallest absolute Gasteiger partial charge is 0.317 e. The van der Waals surface area contributed by atoms with Crippen LogP contribution >= 0.6 is 0 Å². The Labute approximate surface area is 186 Å². The third-order valence-corrected chi connectivity index (χ3v) is 5.81. The van der Waals surface area contributed by atoms with E-state index in [-0.39, 0.29) is 18.4 Å². The van der Waals surface area contributed by atoms with Gasteiger partial charge in [0.2, 0.25) is 0 Å². The van der Waals surface area contributed by atoms with Gasteiger partial charge in [-0.2, -0.15) is 0 Å². The monoisotopic (exact) mass is 431 g/mol. The molecule has 3 aromatic rings. The SMILES string of the molecule is CNC(=O)N1CC(=O)c2c([nH]c(-c3ccncc3OCC3CC3)c2Nc2ccccc2)C1. The zero-order valence-electron chi connectivity index (χ0n) is 17.9. The summed E-state index contributed by atoms with van der Waals surface area (Å²) in [7, 11) is 1.56. The number of hydrogen-bond donors (Lipinski definition) is 3. The first-order valence-corrected chi connectivity index (χ1v) is 10.8. The molecule has 2 aromatic heterocycles. The van der Waals surface area contributed by atoms with Crippen molar-refractivity contribution in [3.63, 3.8) is 0 Å². The number of pyridine rings is 1. The Bertz CT molecular complexity index is 1150. The summed E-state index contributed by atoms with van der Waals surface area (Å²) in [6, 6.07) is 11.3. The molecule has 1 fully saturated rings. The summed E-state index contributed by atoms with van der Waals surface area (Å²) in [6.07, 6.45) is 5.81. The van der Waals surface area contributed by atoms with E-state index in [1.54, 1.807) is 19.4 Å². The average molecular weight is 431 g/mol. The number of rotatable bonds is 6. The lowest BCUT2D eigenvalue weighted by Crippen LogP contribution is -2.43. The summed E-state index contributed by atoms with van der Waals surface area (Å²) >= 11 is 0. The number of amides is 2. The number of aromatic amines is 1. The van der Waals surface area contributed by atoms with E-state index < -0.39 is 0 Å². The molecule has 0 bridgehead atoms. The van der Waals surface area contributed by atoms with E-state index in [0.29, 0.717) is 41.8 Å². The largest absolute Gasteiger partial charge is 0.491 e. The maximum atomic E-state index is 13.2. The third-order valence-electron chi connectivity index (χ3n) is 5.81. The predicted molar refractivity (Wildman–Crippen MR) is 121 cm³/mol. The summed E-state index contributed by atoms with van der Waals surface area (Å²) < 4.78 is 6.09. The molecule has 164 valence electrons. The van der Waals surface area contributed by atoms with Crippen molar-refractivity contribution in [2.45, 2.75) is 19.4 Å². The number of anilines is 2. The Morgan fingerprint density at radius 2 is 2.03 bits per heavy atom. The van der Waals surface area contributed by atoms with Gasteiger partial charge >= 0.3 is 6.03 Å². The van der Waals surface area contributed by atoms with Crippen molar-refractivity contribution >= 4 is 23.2 Å². The van der Waals surface area contributed by atoms with E-state index >= 15 is 0 Å². The number of ketones is 1. The summed E-state index contributed by atoms with van der Waals surface area (Å²) in [5, 5.41) is 6.02. The average Bonchev–Trinajstić information content (AvgIpc) is 3.58. The fraction of sp³-hybridized carbons (Fsp3) is 0.292. The molecule has 3 heterocycles. The second-order valence-corrected chi connectivity index (χ2v) is 8.18. The molecule has 1 aliphatic heterocycles. The normalized spacial score (nSPS) is 15.3. The first-order valence-electron chi connectivity index (χ1n) is 10.8. The van der Waals surface area contributed by atoms with Crippen molar-refractivity contribution in [3.05, 3.63) is 60.0 Å². The molecule has 0 atom stereocenters. The molecular formula is C24H25N5O3. The maximum Gasteiger partial charge on any atom is 0.317 e. The Morgan fingerprint density at radius 3 is 2.78 bits per heavy atom. The van der Waals surface area contributed by atoms with Crippen LogP contribution in [0.2, 0.25) is 0 Å². The highest BCUT2D eigenvalue weighted by atomic mass is 16.5. The molecule has 1 aliphatic carbocycles. The molecule has 5 rings (SSSR count). The second kappa shape index (κ2) is 8.37. The molecule has 0 unspecified atom stereocenters. The summed E-state index contributed by atoms with van der Waals surface area (Å²) in [4.78, 5) is 34.5. The molecular weight excluding hydrogens is 406 g/mol. The van der Waals surface area contributed by atoms with Gasteiger partial charge in [0.15, 0.2) is 5.78 Å². The number of Topliss-reactive ketones (excluding diaryl/α,β-unsaturated/α-hetero) is 1. The van der Waals surface area contributed by atoms with Crippen LogP contribution < -0.4 is 15.4 Å². The highest BCUT2D eigenvalue weighted by Crippen LogP contribution is 2.41. The standard InChI is InChI=1S/C24H25N5O3/c1-25-24(31)29-12-18-21(19(30)13-29)23(27-16-5-3-2-4-6-16)22(28-18)17-9-10-26-11-20(17)32-14-15-7-8-15/h2-6,9-11,15,27-28H,7-8,12-14H2,1H3,(H,25,31). The van der Waals surface area contributed by atoms with E-state index in [1.165, 1.54) is 17.7 Å². The van der Waals surface area contributed by atoms with E-state index in [9.17, 15) is 9.59 Å². The van der Waals surface area contributed by atoms with Crippen LogP contribution in [-0.4, -0.2) is 46.9 Å². The van der Waals surface area contributed by atoms with E-state index in [1.807, 2.05) is 36.4 Å². The van der Waals surface area contributed by atoms with Crippen LogP contribution in [-0.2, 0) is 6.54 Å². The van der Waals surface area contributed by atoms with Gasteiger partial charge in [-0.1, -0.05) is 18.2 Å². The van der Waals surface area contributed by atoms with Gasteiger partial charge in [0.25, 0.3) is 0 Å². The van der Waals surface area contributed by atoms with E-state index in [0.717, 1.165) is 16.9 Å². The van der Waals surface area contributed by atoms with Crippen LogP contribution in [0.15, 0.2) is 48.8 Å². The minimum atomic E-state index is -0.282. The number of benzene rings is 1. The van der Waals surface area contributed by atoms with Crippen molar-refractivity contribution in [2.24, 2.45) is 5.92 Å². The Balaban J connectivity index is 1.59. The number of carbonyl (C=O) groups excluding carboxylic acids is 2. The van der Waals surface area contributed by atoms with Gasteiger partial charge in [-0.3, -0.25) is 9.78 Å². The van der Waals surface area contributed by atoms with Crippen LogP contribution in [0.25, 0.3) is 11.3 Å². The number of carbonyl (C=O) groups is 2. The molecule has 8 heteroatoms. The Hall–Kier alpha value is -3.81. The number of H-pyrrole nitrogens is 1. The Morgan fingerprint density at radius 1 is 1.22 bits per heavy atom. The van der Waals surface area contributed by atoms with Crippen LogP contribution in [0.5, 0.6) is 5.75 Å². The fourth-order valence-electron chi connectivity index (χ4n) is 3.97. The zero-order valence-corrected chi connectivity index (χ0v) is 17.9. The molecule has 32 heavy (non-hydrogen) atoms. The molecule has 1 saturated carbocycles. The van der Waals surface area contributed by atoms with Crippen molar-refractivity contribution in [1.29, 1.82) is 0 Å². The van der Waals surface area contributed by atoms with Crippen LogP contribution in [0, 0.1) is 5.92 Å². The lowest BCUT2D eigenvalue weighted by Gasteiger charge is -2.26. The number of aromatic nitrogens is 2. The quantitative estimate of drug-likeness (QED) is 0.549. The third kappa shape index (κ3) is 3.91. The van der Waals surface area contributed by atoms with Crippen molar-refractivity contribution in [2.75, 3.05) is 25.5 Å². The molecule has 2 aliphatic rings. The van der Waals surface area contributed by atoms with Gasteiger partial charge in [0.1, 0.15) is 5.75 Å². The molecule has 2 amide bonds. The predicted octanol–water partition coefficient (Wildman–Crippen LogP) is 3.95. The number of ether oxygens (including phenoxy) is 1. The van der Waals surface area contributed by atoms with Crippen molar-refractivity contribution in [3.8, 4) is 17.0 Å². The van der Waals surface area contributed by atoms with Crippen molar-refractivity contribution in [1.82, 2.24) is 20.2 Å². The van der Waals surface area contributed by atoms with Crippen LogP contribution in [0.1, 0.15) is 28.9 Å². The minimum Gasteiger partial charge on any atom is -0.491 e. The number of nitrogens with one attached hydrogen (secondary N) is 3. The first-order chi connectivity index (χ1) is 15.6. The molecule has 0 radical (unpaired) electrons. The number of nitrogens with zero attached hydrogens (tertiary/aromatic N) is 2. The van der Waals surface area contributed by atoms with Gasteiger partial charge in [-0.25, -0.2) is 4.79 Å². The Kier molecular flexibility index (Phi) is 5.26. The molecule has 0 spiro atoms. The highest BCUT2D eigenvalue weighted by Gasteiger charge is 2.33. The lowest BCUT2D eigenvalue weighted by molar-refractivity contribution is 0.0920. The van der Waals surface area contributed by atoms with E-state index in [4.69, 9.17) is 4.74 Å². The minimum absolute atomic E-state index is 0.0226. The number of urea groups is 1. The molecule has 8 nitrogen and oxygen atoms in total. The number of para-hydroxylation sites is 1. The lowest BCUT2D eigenvalue weighted by atomic mass is 10.0. The summed E-state index contributed by atoms with van der Waals surface area (Å²) in [5.74, 6) is 1.15. The molecule has 1 aromatic carbocycles.